The highest BCUT2D eigenvalue weighted by atomic mass is 31.0. The van der Waals surface area contributed by atoms with Crippen LogP contribution in [0.3, 0.4) is 0 Å². The van der Waals surface area contributed by atoms with Crippen molar-refractivity contribution in [3.63, 3.8) is 0 Å². The molecule has 118 valence electrons. The summed E-state index contributed by atoms with van der Waals surface area (Å²) in [5.41, 5.74) is 3.65. The summed E-state index contributed by atoms with van der Waals surface area (Å²) >= 11 is 0. The van der Waals surface area contributed by atoms with Crippen LogP contribution in [0, 0.1) is 6.92 Å². The molecule has 0 aliphatic heterocycles. The molecule has 1 nitrogen and oxygen atoms in total. The number of ketones is 1. The second kappa shape index (κ2) is 9.54. The van der Waals surface area contributed by atoms with Crippen molar-refractivity contribution >= 4 is 20.3 Å². The Bertz CT molecular complexity index is 559. The molecule has 2 atom stereocenters. The third-order valence-corrected chi connectivity index (χ3v) is 3.61. The van der Waals surface area contributed by atoms with E-state index in [-0.39, 0.29) is 11.7 Å². The van der Waals surface area contributed by atoms with Crippen LogP contribution < -0.4 is 5.30 Å². The molecule has 0 bridgehead atoms. The van der Waals surface area contributed by atoms with Gasteiger partial charge in [0.1, 0.15) is 5.78 Å². The molecule has 0 spiro atoms. The lowest BCUT2D eigenvalue weighted by Crippen LogP contribution is -2.08. The first-order valence-electron chi connectivity index (χ1n) is 7.89. The second-order valence-corrected chi connectivity index (χ2v) is 6.42. The van der Waals surface area contributed by atoms with Gasteiger partial charge < -0.3 is 0 Å². The normalized spacial score (nSPS) is 11.3. The fourth-order valence-corrected chi connectivity index (χ4v) is 2.68. The first-order valence-corrected chi connectivity index (χ1v) is 8.47. The number of carbonyl (C=O) groups excluding carboxylic acids is 1. The molecular formula is C20H27OP. The van der Waals surface area contributed by atoms with Gasteiger partial charge in [0.2, 0.25) is 0 Å². The van der Waals surface area contributed by atoms with Gasteiger partial charge in [-0.15, -0.1) is 9.24 Å². The molecule has 0 amide bonds. The molecule has 2 aromatic rings. The van der Waals surface area contributed by atoms with Gasteiger partial charge in [0.25, 0.3) is 0 Å². The first-order chi connectivity index (χ1) is 10.5. The van der Waals surface area contributed by atoms with E-state index in [4.69, 9.17) is 0 Å². The van der Waals surface area contributed by atoms with E-state index < -0.39 is 0 Å². The molecule has 0 radical (unpaired) electrons. The minimum Gasteiger partial charge on any atom is -0.300 e. The average Bonchev–Trinajstić information content (AvgIpc) is 2.45. The van der Waals surface area contributed by atoms with Crippen LogP contribution in [0.15, 0.2) is 48.5 Å². The summed E-state index contributed by atoms with van der Waals surface area (Å²) in [6.45, 7) is 7.99. The number of hydrogen-bond acceptors (Lipinski definition) is 1. The molecule has 0 aliphatic rings. The van der Waals surface area contributed by atoms with Crippen LogP contribution >= 0.6 is 9.24 Å². The molecule has 0 saturated heterocycles. The summed E-state index contributed by atoms with van der Waals surface area (Å²) in [6, 6.07) is 16.8. The van der Waals surface area contributed by atoms with E-state index in [0.717, 1.165) is 5.30 Å². The Kier molecular flexibility index (Phi) is 8.06. The molecule has 0 fully saturated rings. The zero-order valence-corrected chi connectivity index (χ0v) is 15.3. The number of Topliss-reactive ketones (excluding diaryl/α,β-unsaturated/α-hetero) is 1. The molecule has 0 heterocycles. The Morgan fingerprint density at radius 2 is 1.59 bits per heavy atom. The maximum absolute atomic E-state index is 11.6. The van der Waals surface area contributed by atoms with Crippen LogP contribution in [-0.4, -0.2) is 5.78 Å². The maximum Gasteiger partial charge on any atom is 0.130 e. The number of carbonyl (C=O) groups is 1. The molecule has 2 aromatic carbocycles. The van der Waals surface area contributed by atoms with Gasteiger partial charge in [0.05, 0.1) is 0 Å². The van der Waals surface area contributed by atoms with Crippen LogP contribution in [0.2, 0.25) is 0 Å². The lowest BCUT2D eigenvalue weighted by molar-refractivity contribution is -0.117. The van der Waals surface area contributed by atoms with E-state index in [0.29, 0.717) is 6.42 Å². The SMILES string of the molecule is CC(=O)CC(c1cccc(C)c1)c1cccc(P)c1.CCC. The van der Waals surface area contributed by atoms with Gasteiger partial charge in [-0.3, -0.25) is 4.79 Å². The van der Waals surface area contributed by atoms with Crippen molar-refractivity contribution in [2.24, 2.45) is 0 Å². The van der Waals surface area contributed by atoms with Crippen LogP contribution in [-0.2, 0) is 4.79 Å². The van der Waals surface area contributed by atoms with Crippen LogP contribution in [0.4, 0.5) is 0 Å². The quantitative estimate of drug-likeness (QED) is 0.724. The summed E-state index contributed by atoms with van der Waals surface area (Å²) in [4.78, 5) is 11.6. The van der Waals surface area contributed by atoms with Gasteiger partial charge in [-0.2, -0.15) is 0 Å². The smallest absolute Gasteiger partial charge is 0.130 e. The van der Waals surface area contributed by atoms with Crippen LogP contribution in [0.1, 0.15) is 56.2 Å². The van der Waals surface area contributed by atoms with E-state index in [2.05, 4.69) is 72.5 Å². The summed E-state index contributed by atoms with van der Waals surface area (Å²) in [5.74, 6) is 0.374. The van der Waals surface area contributed by atoms with Crippen molar-refractivity contribution in [3.8, 4) is 0 Å². The lowest BCUT2D eigenvalue weighted by Gasteiger charge is -2.17. The van der Waals surface area contributed by atoms with E-state index in [9.17, 15) is 4.79 Å². The van der Waals surface area contributed by atoms with E-state index in [1.54, 1.807) is 6.92 Å². The highest BCUT2D eigenvalue weighted by molar-refractivity contribution is 7.27. The number of hydrogen-bond donors (Lipinski definition) is 0. The first kappa shape index (κ1) is 18.6. The van der Waals surface area contributed by atoms with Crippen LogP contribution in [0.5, 0.6) is 0 Å². The largest absolute Gasteiger partial charge is 0.300 e. The summed E-state index contributed by atoms with van der Waals surface area (Å²) < 4.78 is 0. The summed E-state index contributed by atoms with van der Waals surface area (Å²) in [7, 11) is 2.71. The third kappa shape index (κ3) is 6.12. The molecule has 0 aromatic heterocycles. The fourth-order valence-electron chi connectivity index (χ4n) is 2.38. The van der Waals surface area contributed by atoms with Crippen LogP contribution in [0.25, 0.3) is 0 Å². The van der Waals surface area contributed by atoms with Gasteiger partial charge in [0, 0.05) is 12.3 Å². The van der Waals surface area contributed by atoms with Crippen molar-refractivity contribution < 1.29 is 4.79 Å². The van der Waals surface area contributed by atoms with Crippen molar-refractivity contribution in [1.29, 1.82) is 0 Å². The highest BCUT2D eigenvalue weighted by Gasteiger charge is 2.16. The molecule has 2 unspecified atom stereocenters. The number of rotatable bonds is 4. The predicted molar refractivity (Wildman–Crippen MR) is 100 cm³/mol. The molecule has 0 N–H and O–H groups in total. The molecule has 2 rings (SSSR count). The zero-order valence-electron chi connectivity index (χ0n) is 14.1. The second-order valence-electron chi connectivity index (χ2n) is 5.75. The fraction of sp³-hybridized carbons (Fsp3) is 0.350. The molecule has 22 heavy (non-hydrogen) atoms. The van der Waals surface area contributed by atoms with Gasteiger partial charge in [-0.05, 0) is 30.3 Å². The maximum atomic E-state index is 11.6. The van der Waals surface area contributed by atoms with Crippen molar-refractivity contribution in [2.45, 2.75) is 46.5 Å². The standard InChI is InChI=1S/C17H19OP.C3H8/c1-12-5-3-6-14(9-12)17(10-13(2)18)15-7-4-8-16(19)11-15;1-3-2/h3-9,11,17H,10,19H2,1-2H3;3H2,1-2H3. The Labute approximate surface area is 137 Å². The number of aryl methyl sites for hydroxylation is 1. The molecule has 2 heteroatoms. The Morgan fingerprint density at radius 1 is 1.05 bits per heavy atom. The lowest BCUT2D eigenvalue weighted by atomic mass is 9.87. The molecular weight excluding hydrogens is 287 g/mol. The minimum absolute atomic E-state index is 0.151. The van der Waals surface area contributed by atoms with E-state index in [1.165, 1.54) is 23.1 Å². The van der Waals surface area contributed by atoms with Crippen molar-refractivity contribution in [2.75, 3.05) is 0 Å². The Hall–Kier alpha value is -1.46. The average molecular weight is 314 g/mol. The Morgan fingerprint density at radius 3 is 2.09 bits per heavy atom. The van der Waals surface area contributed by atoms with Gasteiger partial charge in [-0.1, -0.05) is 74.4 Å². The monoisotopic (exact) mass is 314 g/mol. The summed E-state index contributed by atoms with van der Waals surface area (Å²) in [5, 5.41) is 1.15. The third-order valence-electron chi connectivity index (χ3n) is 3.25. The van der Waals surface area contributed by atoms with E-state index in [1.807, 2.05) is 6.07 Å². The van der Waals surface area contributed by atoms with E-state index >= 15 is 0 Å². The van der Waals surface area contributed by atoms with Gasteiger partial charge in [-0.25, -0.2) is 0 Å². The molecule has 0 saturated carbocycles. The predicted octanol–water partition coefficient (Wildman–Crippen LogP) is 5.02. The summed E-state index contributed by atoms with van der Waals surface area (Å²) in [6.07, 6.45) is 1.80. The highest BCUT2D eigenvalue weighted by Crippen LogP contribution is 2.28. The Balaban J connectivity index is 0.000000745. The van der Waals surface area contributed by atoms with Gasteiger partial charge >= 0.3 is 0 Å². The van der Waals surface area contributed by atoms with Crippen molar-refractivity contribution in [1.82, 2.24) is 0 Å². The zero-order chi connectivity index (χ0) is 16.5. The topological polar surface area (TPSA) is 17.1 Å². The van der Waals surface area contributed by atoms with Gasteiger partial charge in [0.15, 0.2) is 0 Å². The minimum atomic E-state index is 0.151. The number of benzene rings is 2. The van der Waals surface area contributed by atoms with Crippen molar-refractivity contribution in [3.05, 3.63) is 65.2 Å². The molecule has 0 aliphatic carbocycles.